The molecule has 0 aromatic carbocycles. The first kappa shape index (κ1) is 13.2. The van der Waals surface area contributed by atoms with Gasteiger partial charge < -0.3 is 33.8 Å². The second kappa shape index (κ2) is 4.58. The lowest BCUT2D eigenvalue weighted by Gasteiger charge is -2.29. The van der Waals surface area contributed by atoms with Gasteiger partial charge in [0.25, 0.3) is 0 Å². The zero-order valence-corrected chi connectivity index (χ0v) is 8.53. The van der Waals surface area contributed by atoms with E-state index in [9.17, 15) is 23.9 Å². The molecule has 92 valence electrons. The summed E-state index contributed by atoms with van der Waals surface area (Å²) in [5.41, 5.74) is 0. The van der Waals surface area contributed by atoms with Crippen LogP contribution in [0.15, 0.2) is 0 Å². The molecule has 1 heterocycles. The van der Waals surface area contributed by atoms with Crippen LogP contribution >= 0.6 is 7.82 Å². The maximum Gasteiger partial charge on any atom is 0.344 e. The number of Topliss-reactive ketones (excluding diaryl/α,β-unsaturated/α-hetero) is 1. The first-order valence-electron chi connectivity index (χ1n) is 4.00. The molecule has 1 aliphatic rings. The molecule has 0 aliphatic carbocycles. The van der Waals surface area contributed by atoms with Crippen LogP contribution in [0.2, 0.25) is 0 Å². The Morgan fingerprint density at radius 3 is 2.50 bits per heavy atom. The molecule has 16 heavy (non-hydrogen) atoms. The van der Waals surface area contributed by atoms with Gasteiger partial charge in [0.05, 0.1) is 14.4 Å². The molecular formula is C6H7O9P-2. The van der Waals surface area contributed by atoms with Crippen LogP contribution in [0.25, 0.3) is 0 Å². The molecule has 2 N–H and O–H groups in total. The Labute approximate surface area is 88.8 Å². The van der Waals surface area contributed by atoms with E-state index in [2.05, 4.69) is 9.26 Å². The summed E-state index contributed by atoms with van der Waals surface area (Å²) in [6, 6.07) is 0. The number of ether oxygens (including phenoxy) is 1. The van der Waals surface area contributed by atoms with Crippen molar-refractivity contribution in [2.45, 2.75) is 18.3 Å². The summed E-state index contributed by atoms with van der Waals surface area (Å²) >= 11 is 0. The smallest absolute Gasteiger partial charge is 0.344 e. The van der Waals surface area contributed by atoms with E-state index in [0.717, 1.165) is 0 Å². The predicted molar refractivity (Wildman–Crippen MR) is 40.5 cm³/mol. The number of hydrogen-bond acceptors (Lipinski definition) is 9. The van der Waals surface area contributed by atoms with Crippen LogP contribution in [0, 0.1) is 0 Å². The Balaban J connectivity index is 2.79. The fraction of sp³-hybridized carbons (Fsp3) is 0.667. The average Bonchev–Trinajstić information content (AvgIpc) is 2.42. The SMILES string of the molecule is O=C1O[C@H]([C@@H](O)CO)C(=O)C1OP(=O)([O-])[O-]. The van der Waals surface area contributed by atoms with Gasteiger partial charge in [-0.2, -0.15) is 0 Å². The third-order valence-electron chi connectivity index (χ3n) is 1.77. The summed E-state index contributed by atoms with van der Waals surface area (Å²) < 4.78 is 18.1. The Bertz CT molecular complexity index is 346. The highest BCUT2D eigenvalue weighted by Gasteiger charge is 2.48. The molecule has 0 bridgehead atoms. The van der Waals surface area contributed by atoms with Gasteiger partial charge in [-0.05, 0) is 0 Å². The minimum Gasteiger partial charge on any atom is -0.790 e. The highest BCUT2D eigenvalue weighted by Crippen LogP contribution is 2.31. The van der Waals surface area contributed by atoms with Gasteiger partial charge in [0.15, 0.2) is 6.10 Å². The second-order valence-corrected chi connectivity index (χ2v) is 4.05. The zero-order valence-electron chi connectivity index (χ0n) is 7.64. The fourth-order valence-electron chi connectivity index (χ4n) is 1.10. The van der Waals surface area contributed by atoms with Crippen molar-refractivity contribution in [3.8, 4) is 0 Å². The van der Waals surface area contributed by atoms with Crippen molar-refractivity contribution in [1.29, 1.82) is 0 Å². The molecule has 1 saturated heterocycles. The molecule has 0 aromatic rings. The fourth-order valence-corrected chi connectivity index (χ4v) is 1.55. The van der Waals surface area contributed by atoms with E-state index in [1.54, 1.807) is 0 Å². The van der Waals surface area contributed by atoms with E-state index in [4.69, 9.17) is 10.2 Å². The number of carbonyl (C=O) groups excluding carboxylic acids is 2. The molecule has 0 aromatic heterocycles. The molecule has 0 spiro atoms. The number of carbonyl (C=O) groups is 2. The lowest BCUT2D eigenvalue weighted by atomic mass is 10.1. The maximum absolute atomic E-state index is 11.3. The summed E-state index contributed by atoms with van der Waals surface area (Å²) in [7, 11) is -5.52. The number of ketones is 1. The molecule has 1 aliphatic heterocycles. The Morgan fingerprint density at radius 2 is 2.06 bits per heavy atom. The van der Waals surface area contributed by atoms with Gasteiger partial charge >= 0.3 is 5.97 Å². The summed E-state index contributed by atoms with van der Waals surface area (Å²) in [5, 5.41) is 17.5. The number of aliphatic hydroxyl groups is 2. The van der Waals surface area contributed by atoms with Crippen molar-refractivity contribution >= 4 is 19.6 Å². The van der Waals surface area contributed by atoms with Gasteiger partial charge in [0.1, 0.15) is 6.10 Å². The molecular weight excluding hydrogens is 247 g/mol. The molecule has 0 radical (unpaired) electrons. The van der Waals surface area contributed by atoms with Crippen LogP contribution in [0.1, 0.15) is 0 Å². The summed E-state index contributed by atoms with van der Waals surface area (Å²) in [6.45, 7) is -0.872. The van der Waals surface area contributed by atoms with E-state index in [0.29, 0.717) is 0 Å². The van der Waals surface area contributed by atoms with E-state index in [-0.39, 0.29) is 0 Å². The van der Waals surface area contributed by atoms with Gasteiger partial charge in [-0.3, -0.25) is 4.79 Å². The minimum atomic E-state index is -5.52. The number of aliphatic hydroxyl groups excluding tert-OH is 2. The van der Waals surface area contributed by atoms with Crippen molar-refractivity contribution in [1.82, 2.24) is 0 Å². The van der Waals surface area contributed by atoms with E-state index in [1.807, 2.05) is 0 Å². The van der Waals surface area contributed by atoms with Gasteiger partial charge in [-0.25, -0.2) is 4.79 Å². The van der Waals surface area contributed by atoms with Gasteiger partial charge in [-0.1, -0.05) is 0 Å². The predicted octanol–water partition coefficient (Wildman–Crippen LogP) is -3.95. The van der Waals surface area contributed by atoms with Gasteiger partial charge in [-0.15, -0.1) is 0 Å². The monoisotopic (exact) mass is 254 g/mol. The van der Waals surface area contributed by atoms with Crippen molar-refractivity contribution < 1.29 is 43.4 Å². The van der Waals surface area contributed by atoms with Gasteiger partial charge in [0.2, 0.25) is 11.9 Å². The van der Waals surface area contributed by atoms with E-state index >= 15 is 0 Å². The standard InChI is InChI=1S/C6H9O9P/c7-1-2(8)4-3(9)5(6(10)14-4)15-16(11,12)13/h2,4-5,7-8H,1H2,(H2,11,12,13)/p-2/t2-,4+,5?/m0/s1. The molecule has 0 saturated carbocycles. The molecule has 1 unspecified atom stereocenters. The molecule has 10 heteroatoms. The third kappa shape index (κ3) is 2.85. The number of cyclic esters (lactones) is 1. The Morgan fingerprint density at radius 1 is 1.50 bits per heavy atom. The maximum atomic E-state index is 11.3. The quantitative estimate of drug-likeness (QED) is 0.290. The van der Waals surface area contributed by atoms with Crippen molar-refractivity contribution in [2.24, 2.45) is 0 Å². The Kier molecular flexibility index (Phi) is 3.79. The molecule has 1 fully saturated rings. The van der Waals surface area contributed by atoms with E-state index < -0.39 is 44.5 Å². The largest absolute Gasteiger partial charge is 0.790 e. The number of phosphoric acid groups is 1. The first-order chi connectivity index (χ1) is 7.26. The van der Waals surface area contributed by atoms with Crippen LogP contribution < -0.4 is 9.79 Å². The number of rotatable bonds is 4. The summed E-state index contributed by atoms with van der Waals surface area (Å²) in [4.78, 5) is 42.6. The van der Waals surface area contributed by atoms with Crippen molar-refractivity contribution in [2.75, 3.05) is 6.61 Å². The second-order valence-electron chi connectivity index (χ2n) is 2.94. The van der Waals surface area contributed by atoms with Crippen molar-refractivity contribution in [3.63, 3.8) is 0 Å². The molecule has 9 nitrogen and oxygen atoms in total. The van der Waals surface area contributed by atoms with Crippen LogP contribution in [0.5, 0.6) is 0 Å². The highest BCUT2D eigenvalue weighted by atomic mass is 31.2. The minimum absolute atomic E-state index is 0.872. The van der Waals surface area contributed by atoms with Gasteiger partial charge in [0, 0.05) is 0 Å². The molecule has 1 rings (SSSR count). The van der Waals surface area contributed by atoms with Crippen LogP contribution in [-0.4, -0.2) is 46.9 Å². The molecule has 0 amide bonds. The number of hydrogen-bond donors (Lipinski definition) is 2. The van der Waals surface area contributed by atoms with Crippen LogP contribution in [-0.2, 0) is 23.4 Å². The highest BCUT2D eigenvalue weighted by molar-refractivity contribution is 7.43. The number of esters is 1. The lowest BCUT2D eigenvalue weighted by Crippen LogP contribution is -2.38. The average molecular weight is 254 g/mol. The Hall–Kier alpha value is -0.830. The first-order valence-corrected chi connectivity index (χ1v) is 5.46. The lowest BCUT2D eigenvalue weighted by molar-refractivity contribution is -0.343. The normalized spacial score (nSPS) is 28.0. The zero-order chi connectivity index (χ0) is 12.5. The topological polar surface area (TPSA) is 156 Å². The third-order valence-corrected chi connectivity index (χ3v) is 2.24. The van der Waals surface area contributed by atoms with Crippen molar-refractivity contribution in [3.05, 3.63) is 0 Å². The van der Waals surface area contributed by atoms with Crippen LogP contribution in [0.3, 0.4) is 0 Å². The molecule has 3 atom stereocenters. The summed E-state index contributed by atoms with van der Waals surface area (Å²) in [6.07, 6.45) is -5.62. The number of phosphoric ester groups is 1. The van der Waals surface area contributed by atoms with Crippen LogP contribution in [0.4, 0.5) is 0 Å². The van der Waals surface area contributed by atoms with E-state index in [1.165, 1.54) is 0 Å². The summed E-state index contributed by atoms with van der Waals surface area (Å²) in [5.74, 6) is -2.62.